The largest absolute Gasteiger partial charge is 0.493 e. The lowest BCUT2D eigenvalue weighted by molar-refractivity contribution is 0.0595. The predicted molar refractivity (Wildman–Crippen MR) is 73.5 cm³/mol. The van der Waals surface area contributed by atoms with Crippen molar-refractivity contribution >= 4 is 17.6 Å². The molecule has 0 saturated heterocycles. The molecule has 6 nitrogen and oxygen atoms in total. The molecule has 2 rings (SSSR count). The van der Waals surface area contributed by atoms with Gasteiger partial charge in [0.25, 0.3) is 0 Å². The number of benzene rings is 1. The number of methoxy groups -OCH3 is 3. The summed E-state index contributed by atoms with van der Waals surface area (Å²) in [6.07, 6.45) is 1.38. The summed E-state index contributed by atoms with van der Waals surface area (Å²) in [6.45, 7) is 0. The van der Waals surface area contributed by atoms with Gasteiger partial charge < -0.3 is 19.2 Å². The van der Waals surface area contributed by atoms with Gasteiger partial charge in [0.15, 0.2) is 11.5 Å². The van der Waals surface area contributed by atoms with Crippen molar-refractivity contribution in [2.45, 2.75) is 0 Å². The fraction of sp³-hybridized carbons (Fsp3) is 0.231. The predicted octanol–water partition coefficient (Wildman–Crippen LogP) is 2.53. The van der Waals surface area contributed by atoms with E-state index in [2.05, 4.69) is 14.7 Å². The molecule has 1 heterocycles. The second kappa shape index (κ2) is 5.83. The number of hydrogen-bond acceptors (Lipinski definition) is 5. The maximum atomic E-state index is 11.4. The number of nitrogens with one attached hydrogen (secondary N) is 1. The zero-order valence-corrected chi connectivity index (χ0v) is 11.9. The van der Waals surface area contributed by atoms with Crippen LogP contribution in [0.2, 0.25) is 5.02 Å². The second-order valence-electron chi connectivity index (χ2n) is 3.80. The molecule has 0 saturated carbocycles. The molecule has 0 unspecified atom stereocenters. The molecule has 0 fully saturated rings. The Hall–Kier alpha value is -2.21. The highest BCUT2D eigenvalue weighted by Crippen LogP contribution is 2.40. The summed E-state index contributed by atoms with van der Waals surface area (Å²) in [6, 6.07) is 3.43. The van der Waals surface area contributed by atoms with E-state index in [0.717, 1.165) is 0 Å². The molecule has 0 spiro atoms. The average Bonchev–Trinajstić information content (AvgIpc) is 2.95. The first kappa shape index (κ1) is 14.2. The molecule has 106 valence electrons. The number of aromatic nitrogens is 2. The van der Waals surface area contributed by atoms with Gasteiger partial charge in [-0.2, -0.15) is 0 Å². The smallest absolute Gasteiger partial charge is 0.356 e. The van der Waals surface area contributed by atoms with E-state index >= 15 is 0 Å². The summed E-state index contributed by atoms with van der Waals surface area (Å²) in [4.78, 5) is 18.3. The Morgan fingerprint density at radius 1 is 1.25 bits per heavy atom. The first-order chi connectivity index (χ1) is 9.62. The number of halogens is 1. The van der Waals surface area contributed by atoms with E-state index in [1.807, 2.05) is 0 Å². The van der Waals surface area contributed by atoms with Gasteiger partial charge in [0.05, 0.1) is 32.5 Å². The first-order valence-corrected chi connectivity index (χ1v) is 6.04. The van der Waals surface area contributed by atoms with Gasteiger partial charge in [-0.15, -0.1) is 0 Å². The number of hydrogen-bond donors (Lipinski definition) is 1. The van der Waals surface area contributed by atoms with Crippen molar-refractivity contribution in [3.8, 4) is 22.9 Å². The van der Waals surface area contributed by atoms with Crippen LogP contribution in [0.3, 0.4) is 0 Å². The van der Waals surface area contributed by atoms with Gasteiger partial charge in [0.1, 0.15) is 11.5 Å². The Morgan fingerprint density at radius 2 is 2.00 bits per heavy atom. The van der Waals surface area contributed by atoms with E-state index < -0.39 is 5.97 Å². The molecular formula is C13H13ClN2O4. The summed E-state index contributed by atoms with van der Waals surface area (Å²) < 4.78 is 15.0. The van der Waals surface area contributed by atoms with E-state index in [4.69, 9.17) is 21.1 Å². The summed E-state index contributed by atoms with van der Waals surface area (Å²) in [5.74, 6) is 0.861. The van der Waals surface area contributed by atoms with Crippen molar-refractivity contribution in [1.82, 2.24) is 9.97 Å². The molecule has 7 heteroatoms. The monoisotopic (exact) mass is 296 g/mol. The van der Waals surface area contributed by atoms with Gasteiger partial charge in [0.2, 0.25) is 0 Å². The Kier molecular flexibility index (Phi) is 4.14. The van der Waals surface area contributed by atoms with Crippen LogP contribution in [-0.2, 0) is 4.74 Å². The highest BCUT2D eigenvalue weighted by Gasteiger charge is 2.17. The maximum absolute atomic E-state index is 11.4. The molecule has 1 aromatic carbocycles. The Labute approximate surface area is 120 Å². The highest BCUT2D eigenvalue weighted by molar-refractivity contribution is 6.35. The van der Waals surface area contributed by atoms with Crippen molar-refractivity contribution in [2.24, 2.45) is 0 Å². The molecule has 0 amide bonds. The molecule has 2 aromatic rings. The zero-order chi connectivity index (χ0) is 14.7. The van der Waals surface area contributed by atoms with Crippen LogP contribution in [0, 0.1) is 0 Å². The van der Waals surface area contributed by atoms with Crippen LogP contribution < -0.4 is 9.47 Å². The Balaban J connectivity index is 2.48. The maximum Gasteiger partial charge on any atom is 0.356 e. The fourth-order valence-electron chi connectivity index (χ4n) is 1.74. The SMILES string of the molecule is COC(=O)c1cnc(-c2ccc(OC)c(OC)c2Cl)[nH]1. The average molecular weight is 297 g/mol. The molecule has 0 aliphatic heterocycles. The first-order valence-electron chi connectivity index (χ1n) is 5.66. The van der Waals surface area contributed by atoms with Gasteiger partial charge in [0, 0.05) is 5.56 Å². The molecule has 0 atom stereocenters. The number of rotatable bonds is 4. The van der Waals surface area contributed by atoms with Crippen LogP contribution >= 0.6 is 11.6 Å². The quantitative estimate of drug-likeness (QED) is 0.878. The van der Waals surface area contributed by atoms with Crippen LogP contribution in [0.15, 0.2) is 18.3 Å². The molecule has 0 aliphatic rings. The third-order valence-electron chi connectivity index (χ3n) is 2.72. The minimum absolute atomic E-state index is 0.244. The normalized spacial score (nSPS) is 10.2. The number of aromatic amines is 1. The van der Waals surface area contributed by atoms with Gasteiger partial charge in [-0.3, -0.25) is 0 Å². The summed E-state index contributed by atoms with van der Waals surface area (Å²) in [7, 11) is 4.32. The zero-order valence-electron chi connectivity index (χ0n) is 11.2. The Morgan fingerprint density at radius 3 is 2.60 bits per heavy atom. The molecule has 0 bridgehead atoms. The molecule has 1 aromatic heterocycles. The van der Waals surface area contributed by atoms with E-state index in [1.54, 1.807) is 12.1 Å². The third-order valence-corrected chi connectivity index (χ3v) is 3.10. The van der Waals surface area contributed by atoms with Gasteiger partial charge >= 0.3 is 5.97 Å². The number of nitrogens with zero attached hydrogens (tertiary/aromatic N) is 1. The molecule has 1 N–H and O–H groups in total. The van der Waals surface area contributed by atoms with Crippen LogP contribution in [0.25, 0.3) is 11.4 Å². The summed E-state index contributed by atoms with van der Waals surface area (Å²) >= 11 is 6.27. The molecular weight excluding hydrogens is 284 g/mol. The van der Waals surface area contributed by atoms with Crippen molar-refractivity contribution in [3.63, 3.8) is 0 Å². The van der Waals surface area contributed by atoms with Crippen molar-refractivity contribution in [3.05, 3.63) is 29.0 Å². The summed E-state index contributed by atoms with van der Waals surface area (Å²) in [5.41, 5.74) is 0.841. The number of ether oxygens (including phenoxy) is 3. The number of H-pyrrole nitrogens is 1. The minimum atomic E-state index is -0.500. The summed E-state index contributed by atoms with van der Waals surface area (Å²) in [5, 5.41) is 0.345. The van der Waals surface area contributed by atoms with Crippen molar-refractivity contribution in [2.75, 3.05) is 21.3 Å². The number of esters is 1. The van der Waals surface area contributed by atoms with E-state index in [9.17, 15) is 4.79 Å². The Bertz CT molecular complexity index is 639. The fourth-order valence-corrected chi connectivity index (χ4v) is 2.07. The van der Waals surface area contributed by atoms with Gasteiger partial charge in [-0.05, 0) is 12.1 Å². The van der Waals surface area contributed by atoms with Crippen LogP contribution in [0.5, 0.6) is 11.5 Å². The molecule has 0 radical (unpaired) electrons. The lowest BCUT2D eigenvalue weighted by Gasteiger charge is -2.11. The highest BCUT2D eigenvalue weighted by atomic mass is 35.5. The topological polar surface area (TPSA) is 73.4 Å². The standard InChI is InChI=1S/C13H13ClN2O4/c1-18-9-5-4-7(10(14)11(9)19-2)12-15-6-8(16-12)13(17)20-3/h4-6H,1-3H3,(H,15,16). The van der Waals surface area contributed by atoms with E-state index in [0.29, 0.717) is 27.9 Å². The number of imidazole rings is 1. The minimum Gasteiger partial charge on any atom is -0.493 e. The van der Waals surface area contributed by atoms with Crippen LogP contribution in [-0.4, -0.2) is 37.3 Å². The van der Waals surface area contributed by atoms with E-state index in [-0.39, 0.29) is 5.69 Å². The van der Waals surface area contributed by atoms with Crippen molar-refractivity contribution in [1.29, 1.82) is 0 Å². The lowest BCUT2D eigenvalue weighted by Crippen LogP contribution is -2.01. The second-order valence-corrected chi connectivity index (χ2v) is 4.18. The van der Waals surface area contributed by atoms with Crippen LogP contribution in [0.1, 0.15) is 10.5 Å². The number of carbonyl (C=O) groups is 1. The van der Waals surface area contributed by atoms with Crippen molar-refractivity contribution < 1.29 is 19.0 Å². The lowest BCUT2D eigenvalue weighted by atomic mass is 10.2. The van der Waals surface area contributed by atoms with Gasteiger partial charge in [-0.1, -0.05) is 11.6 Å². The molecule has 0 aliphatic carbocycles. The third kappa shape index (κ3) is 2.42. The van der Waals surface area contributed by atoms with E-state index in [1.165, 1.54) is 27.5 Å². The van der Waals surface area contributed by atoms with Gasteiger partial charge in [-0.25, -0.2) is 9.78 Å². The van der Waals surface area contributed by atoms with Crippen LogP contribution in [0.4, 0.5) is 0 Å². The number of carbonyl (C=O) groups excluding carboxylic acids is 1. The molecule has 20 heavy (non-hydrogen) atoms.